The van der Waals surface area contributed by atoms with Gasteiger partial charge in [0.1, 0.15) is 5.76 Å². The van der Waals surface area contributed by atoms with Gasteiger partial charge in [-0.15, -0.1) is 11.3 Å². The van der Waals surface area contributed by atoms with Crippen molar-refractivity contribution in [1.29, 1.82) is 0 Å². The quantitative estimate of drug-likeness (QED) is 0.946. The number of aromatic nitrogens is 1. The Morgan fingerprint density at radius 1 is 1.50 bits per heavy atom. The molecule has 104 valence electrons. The molecular formula is C13H13N3O2S2. The molecule has 0 atom stereocenters. The number of nitrogens with one attached hydrogen (secondary N) is 1. The molecule has 0 bridgehead atoms. The summed E-state index contributed by atoms with van der Waals surface area (Å²) in [5.41, 5.74) is 0.750. The largest absolute Gasteiger partial charge is 0.459 e. The van der Waals surface area contributed by atoms with Crippen molar-refractivity contribution in [3.05, 3.63) is 29.0 Å². The van der Waals surface area contributed by atoms with Crippen LogP contribution in [-0.4, -0.2) is 28.4 Å². The summed E-state index contributed by atoms with van der Waals surface area (Å²) < 4.78 is 5.52. The Balaban J connectivity index is 1.63. The van der Waals surface area contributed by atoms with E-state index >= 15 is 0 Å². The molecule has 1 aliphatic heterocycles. The number of nitrogens with zero attached hydrogens (tertiary/aromatic N) is 2. The van der Waals surface area contributed by atoms with Gasteiger partial charge in [0.25, 0.3) is 0 Å². The number of thiazole rings is 1. The van der Waals surface area contributed by atoms with Crippen LogP contribution in [0.5, 0.6) is 0 Å². The first kappa shape index (κ1) is 13.4. The molecule has 5 nitrogen and oxygen atoms in total. The van der Waals surface area contributed by atoms with Crippen LogP contribution in [-0.2, 0) is 11.2 Å². The van der Waals surface area contributed by atoms with E-state index in [1.807, 2.05) is 24.4 Å². The molecule has 2 aromatic rings. The third-order valence-electron chi connectivity index (χ3n) is 2.68. The van der Waals surface area contributed by atoms with Crippen molar-refractivity contribution in [2.75, 3.05) is 12.3 Å². The lowest BCUT2D eigenvalue weighted by atomic mass is 10.3. The minimum Gasteiger partial charge on any atom is -0.459 e. The van der Waals surface area contributed by atoms with E-state index < -0.39 is 0 Å². The van der Waals surface area contributed by atoms with Crippen LogP contribution < -0.4 is 5.32 Å². The van der Waals surface area contributed by atoms with E-state index in [1.165, 1.54) is 11.3 Å². The highest BCUT2D eigenvalue weighted by Gasteiger charge is 2.14. The highest BCUT2D eigenvalue weighted by atomic mass is 32.2. The maximum atomic E-state index is 11.9. The average molecular weight is 307 g/mol. The van der Waals surface area contributed by atoms with Crippen molar-refractivity contribution in [1.82, 2.24) is 10.3 Å². The van der Waals surface area contributed by atoms with Gasteiger partial charge < -0.3 is 9.73 Å². The summed E-state index contributed by atoms with van der Waals surface area (Å²) >= 11 is 3.05. The lowest BCUT2D eigenvalue weighted by molar-refractivity contribution is -0.119. The first-order chi connectivity index (χ1) is 9.70. The number of amides is 1. The van der Waals surface area contributed by atoms with Crippen LogP contribution in [0, 0.1) is 6.92 Å². The lowest BCUT2D eigenvalue weighted by Gasteiger charge is -2.01. The average Bonchev–Trinajstić information content (AvgIpc) is 3.10. The molecule has 1 N–H and O–H groups in total. The smallest absolute Gasteiger partial charge is 0.231 e. The third kappa shape index (κ3) is 3.10. The van der Waals surface area contributed by atoms with E-state index in [9.17, 15) is 4.79 Å². The number of aliphatic imine (C=N–C) groups is 1. The van der Waals surface area contributed by atoms with Gasteiger partial charge in [-0.25, -0.2) is 4.98 Å². The van der Waals surface area contributed by atoms with E-state index in [0.29, 0.717) is 5.17 Å². The number of hydrogen-bond acceptors (Lipinski definition) is 6. The van der Waals surface area contributed by atoms with Gasteiger partial charge in [-0.3, -0.25) is 9.79 Å². The Hall–Kier alpha value is -1.60. The topological polar surface area (TPSA) is 67.5 Å². The van der Waals surface area contributed by atoms with Crippen LogP contribution >= 0.6 is 23.1 Å². The second kappa shape index (κ2) is 5.80. The molecule has 3 heterocycles. The monoisotopic (exact) mass is 307 g/mol. The minimum atomic E-state index is -0.0781. The van der Waals surface area contributed by atoms with Crippen molar-refractivity contribution in [2.24, 2.45) is 4.99 Å². The number of aryl methyl sites for hydroxylation is 1. The maximum Gasteiger partial charge on any atom is 0.231 e. The van der Waals surface area contributed by atoms with Gasteiger partial charge in [0.05, 0.1) is 18.7 Å². The van der Waals surface area contributed by atoms with Crippen LogP contribution in [0.3, 0.4) is 0 Å². The van der Waals surface area contributed by atoms with Crippen molar-refractivity contribution >= 4 is 34.2 Å². The summed E-state index contributed by atoms with van der Waals surface area (Å²) in [6.07, 6.45) is 0.260. The summed E-state index contributed by atoms with van der Waals surface area (Å²) in [6, 6.07) is 3.79. The Labute approximate surface area is 124 Å². The summed E-state index contributed by atoms with van der Waals surface area (Å²) in [7, 11) is 0. The maximum absolute atomic E-state index is 11.9. The van der Waals surface area contributed by atoms with E-state index in [0.717, 1.165) is 34.5 Å². The molecular weight excluding hydrogens is 294 g/mol. The van der Waals surface area contributed by atoms with Crippen LogP contribution in [0.4, 0.5) is 0 Å². The molecule has 0 saturated heterocycles. The van der Waals surface area contributed by atoms with Crippen molar-refractivity contribution in [3.63, 3.8) is 0 Å². The van der Waals surface area contributed by atoms with Gasteiger partial charge in [-0.2, -0.15) is 0 Å². The Kier molecular flexibility index (Phi) is 3.88. The van der Waals surface area contributed by atoms with E-state index in [-0.39, 0.29) is 12.3 Å². The molecule has 1 aliphatic rings. The van der Waals surface area contributed by atoms with Crippen molar-refractivity contribution in [2.45, 2.75) is 13.3 Å². The van der Waals surface area contributed by atoms with E-state index in [4.69, 9.17) is 4.42 Å². The second-order valence-corrected chi connectivity index (χ2v) is 6.26. The molecule has 1 amide bonds. The van der Waals surface area contributed by atoms with Crippen LogP contribution in [0.1, 0.15) is 11.5 Å². The normalized spacial score (nSPS) is 14.3. The highest BCUT2D eigenvalue weighted by molar-refractivity contribution is 8.14. The SMILES string of the molecule is Cc1ccc(-c2nc(CC(=O)NC3=NCCS3)cs2)o1. The summed E-state index contributed by atoms with van der Waals surface area (Å²) in [4.78, 5) is 20.5. The van der Waals surface area contributed by atoms with Crippen LogP contribution in [0.2, 0.25) is 0 Å². The molecule has 0 spiro atoms. The number of hydrogen-bond donors (Lipinski definition) is 1. The fourth-order valence-corrected chi connectivity index (χ4v) is 3.31. The first-order valence-corrected chi connectivity index (χ1v) is 8.05. The number of amidine groups is 1. The van der Waals surface area contributed by atoms with Gasteiger partial charge in [-0.1, -0.05) is 11.8 Å². The van der Waals surface area contributed by atoms with Crippen molar-refractivity contribution < 1.29 is 9.21 Å². The zero-order valence-electron chi connectivity index (χ0n) is 10.9. The summed E-state index contributed by atoms with van der Waals surface area (Å²) in [5.74, 6) is 2.46. The molecule has 7 heteroatoms. The third-order valence-corrected chi connectivity index (χ3v) is 4.47. The van der Waals surface area contributed by atoms with Gasteiger partial charge in [-0.05, 0) is 19.1 Å². The van der Waals surface area contributed by atoms with Gasteiger partial charge >= 0.3 is 0 Å². The Morgan fingerprint density at radius 3 is 3.10 bits per heavy atom. The van der Waals surface area contributed by atoms with E-state index in [1.54, 1.807) is 11.8 Å². The number of carbonyl (C=O) groups excluding carboxylic acids is 1. The molecule has 20 heavy (non-hydrogen) atoms. The number of furan rings is 1. The van der Waals surface area contributed by atoms with Gasteiger partial charge in [0.15, 0.2) is 15.9 Å². The molecule has 0 saturated carbocycles. The van der Waals surface area contributed by atoms with Gasteiger partial charge in [0, 0.05) is 11.1 Å². The predicted molar refractivity (Wildman–Crippen MR) is 81.2 cm³/mol. The molecule has 2 aromatic heterocycles. The molecule has 0 unspecified atom stereocenters. The van der Waals surface area contributed by atoms with Crippen LogP contribution in [0.15, 0.2) is 26.9 Å². The fraction of sp³-hybridized carbons (Fsp3) is 0.308. The fourth-order valence-electron chi connectivity index (χ4n) is 1.79. The lowest BCUT2D eigenvalue weighted by Crippen LogP contribution is -2.28. The number of rotatable bonds is 3. The van der Waals surface area contributed by atoms with Crippen molar-refractivity contribution in [3.8, 4) is 10.8 Å². The molecule has 0 radical (unpaired) electrons. The molecule has 0 aliphatic carbocycles. The van der Waals surface area contributed by atoms with Crippen LogP contribution in [0.25, 0.3) is 10.8 Å². The number of thioether (sulfide) groups is 1. The summed E-state index contributed by atoms with van der Waals surface area (Å²) in [6.45, 7) is 2.67. The molecule has 3 rings (SSSR count). The minimum absolute atomic E-state index is 0.0781. The first-order valence-electron chi connectivity index (χ1n) is 6.19. The predicted octanol–water partition coefficient (Wildman–Crippen LogP) is 2.47. The zero-order chi connectivity index (χ0) is 13.9. The molecule has 0 fully saturated rings. The Bertz CT molecular complexity index is 660. The second-order valence-electron chi connectivity index (χ2n) is 4.31. The standard InChI is InChI=1S/C13H13N3O2S2/c1-8-2-3-10(18-8)12-15-9(7-20-12)6-11(17)16-13-14-4-5-19-13/h2-3,7H,4-6H2,1H3,(H,14,16,17). The summed E-state index contributed by atoms with van der Waals surface area (Å²) in [5, 5.41) is 6.20. The highest BCUT2D eigenvalue weighted by Crippen LogP contribution is 2.25. The molecule has 0 aromatic carbocycles. The Morgan fingerprint density at radius 2 is 2.40 bits per heavy atom. The van der Waals surface area contributed by atoms with E-state index in [2.05, 4.69) is 15.3 Å². The van der Waals surface area contributed by atoms with Gasteiger partial charge in [0.2, 0.25) is 5.91 Å². The zero-order valence-corrected chi connectivity index (χ0v) is 12.5. The number of carbonyl (C=O) groups is 1.